The lowest BCUT2D eigenvalue weighted by Gasteiger charge is -2.29. The number of nitrogens with zero attached hydrogens (tertiary/aromatic N) is 1. The monoisotopic (exact) mass is 449 g/mol. The zero-order valence-corrected chi connectivity index (χ0v) is 19.6. The highest BCUT2D eigenvalue weighted by Gasteiger charge is 2.29. The average Bonchev–Trinajstić information content (AvgIpc) is 3.20. The van der Waals surface area contributed by atoms with Gasteiger partial charge >= 0.3 is 0 Å². The Morgan fingerprint density at radius 3 is 2.30 bits per heavy atom. The van der Waals surface area contributed by atoms with Gasteiger partial charge in [-0.05, 0) is 75.2 Å². The minimum Gasteiger partial charge on any atom is -0.369 e. The predicted molar refractivity (Wildman–Crippen MR) is 122 cm³/mol. The molecule has 1 aromatic carbocycles. The van der Waals surface area contributed by atoms with E-state index in [0.29, 0.717) is 24.7 Å². The lowest BCUT2D eigenvalue weighted by atomic mass is 10.0. The Hall–Kier alpha value is -1.90. The summed E-state index contributed by atoms with van der Waals surface area (Å²) in [4.78, 5) is 14.0. The summed E-state index contributed by atoms with van der Waals surface area (Å²) >= 11 is 1.51. The van der Waals surface area contributed by atoms with Crippen molar-refractivity contribution in [3.05, 3.63) is 46.7 Å². The van der Waals surface area contributed by atoms with Gasteiger partial charge in [0.2, 0.25) is 15.9 Å². The molecule has 1 amide bonds. The van der Waals surface area contributed by atoms with E-state index < -0.39 is 16.1 Å². The van der Waals surface area contributed by atoms with Gasteiger partial charge in [-0.3, -0.25) is 4.79 Å². The Labute approximate surface area is 183 Å². The molecule has 0 saturated carbocycles. The summed E-state index contributed by atoms with van der Waals surface area (Å²) in [7, 11) is -3.49. The number of benzene rings is 1. The molecular weight excluding hydrogens is 418 g/mol. The van der Waals surface area contributed by atoms with E-state index in [-0.39, 0.29) is 16.3 Å². The van der Waals surface area contributed by atoms with E-state index in [2.05, 4.69) is 17.6 Å². The van der Waals surface area contributed by atoms with Gasteiger partial charge in [0.15, 0.2) is 0 Å². The van der Waals surface area contributed by atoms with Crippen molar-refractivity contribution in [3.8, 4) is 0 Å². The number of hydrogen-bond donors (Lipinski definition) is 2. The largest absolute Gasteiger partial charge is 0.369 e. The van der Waals surface area contributed by atoms with Crippen LogP contribution < -0.4 is 10.6 Å². The molecule has 0 spiro atoms. The topological polar surface area (TPSA) is 78.5 Å². The van der Waals surface area contributed by atoms with Crippen LogP contribution in [-0.2, 0) is 14.8 Å². The van der Waals surface area contributed by atoms with Crippen LogP contribution in [0.3, 0.4) is 0 Å². The molecule has 6 nitrogen and oxygen atoms in total. The number of carbonyl (C=O) groups excluding carboxylic acids is 1. The van der Waals surface area contributed by atoms with E-state index >= 15 is 0 Å². The molecule has 3 rings (SSSR count). The van der Waals surface area contributed by atoms with Gasteiger partial charge in [0.05, 0.1) is 4.90 Å². The summed E-state index contributed by atoms with van der Waals surface area (Å²) in [5, 5.41) is 8.20. The molecule has 30 heavy (non-hydrogen) atoms. The quantitative estimate of drug-likeness (QED) is 0.692. The first-order valence-electron chi connectivity index (χ1n) is 10.3. The molecule has 1 fully saturated rings. The molecule has 1 aromatic heterocycles. The van der Waals surface area contributed by atoms with Gasteiger partial charge in [-0.1, -0.05) is 13.0 Å². The summed E-state index contributed by atoms with van der Waals surface area (Å²) in [5.41, 5.74) is 0.349. The van der Waals surface area contributed by atoms with Gasteiger partial charge in [0.1, 0.15) is 6.04 Å². The zero-order valence-electron chi connectivity index (χ0n) is 18.0. The van der Waals surface area contributed by atoms with Gasteiger partial charge in [0.25, 0.3) is 0 Å². The lowest BCUT2D eigenvalue weighted by Crippen LogP contribution is -2.44. The molecule has 0 aliphatic carbocycles. The van der Waals surface area contributed by atoms with Crippen LogP contribution in [0.5, 0.6) is 0 Å². The first-order valence-corrected chi connectivity index (χ1v) is 12.6. The number of piperidine rings is 1. The van der Waals surface area contributed by atoms with Crippen molar-refractivity contribution in [2.45, 2.75) is 57.0 Å². The summed E-state index contributed by atoms with van der Waals surface area (Å²) in [5.74, 6) is 0.445. The maximum atomic E-state index is 12.9. The molecule has 8 heteroatoms. The van der Waals surface area contributed by atoms with Crippen LogP contribution in [0, 0.1) is 5.92 Å². The van der Waals surface area contributed by atoms with Gasteiger partial charge in [-0.2, -0.15) is 4.31 Å². The number of nitrogens with one attached hydrogen (secondary N) is 2. The van der Waals surface area contributed by atoms with Crippen LogP contribution in [0.1, 0.15) is 51.5 Å². The summed E-state index contributed by atoms with van der Waals surface area (Å²) < 4.78 is 27.4. The maximum absolute atomic E-state index is 12.9. The molecule has 2 heterocycles. The van der Waals surface area contributed by atoms with Crippen molar-refractivity contribution in [1.29, 1.82) is 0 Å². The number of amides is 1. The lowest BCUT2D eigenvalue weighted by molar-refractivity contribution is -0.123. The van der Waals surface area contributed by atoms with Crippen molar-refractivity contribution in [3.63, 3.8) is 0 Å². The molecule has 1 saturated heterocycles. The van der Waals surface area contributed by atoms with E-state index in [1.165, 1.54) is 11.3 Å². The highest BCUT2D eigenvalue weighted by atomic mass is 32.2. The summed E-state index contributed by atoms with van der Waals surface area (Å²) in [6, 6.07) is 9.96. The molecule has 1 aliphatic heterocycles. The smallest absolute Gasteiger partial charge is 0.248 e. The highest BCUT2D eigenvalue weighted by Crippen LogP contribution is 2.27. The van der Waals surface area contributed by atoms with Gasteiger partial charge < -0.3 is 10.6 Å². The van der Waals surface area contributed by atoms with Gasteiger partial charge in [-0.15, -0.1) is 11.3 Å². The molecule has 0 unspecified atom stereocenters. The van der Waals surface area contributed by atoms with Gasteiger partial charge in [-0.25, -0.2) is 8.42 Å². The van der Waals surface area contributed by atoms with Crippen molar-refractivity contribution in [2.24, 2.45) is 5.92 Å². The molecule has 2 aromatic rings. The Bertz CT molecular complexity index is 941. The van der Waals surface area contributed by atoms with E-state index in [9.17, 15) is 13.2 Å². The first-order chi connectivity index (χ1) is 14.1. The summed E-state index contributed by atoms with van der Waals surface area (Å²) in [6.07, 6.45) is 1.79. The first kappa shape index (κ1) is 22.8. The second kappa shape index (κ2) is 9.08. The minimum atomic E-state index is -3.49. The standard InChI is InChI=1S/C22H31N3O3S2/c1-16-11-13-25(14-12-16)30(27,28)18-9-7-17(8-10-18)23-20(19-6-5-15-29-19)21(26)24-22(2,3)4/h5-10,15-16,20,23H,11-14H2,1-4H3,(H,24,26)/t20-/m1/s1. The second-order valence-electron chi connectivity index (χ2n) is 8.94. The number of anilines is 1. The Balaban J connectivity index is 1.76. The number of thiophene rings is 1. The second-order valence-corrected chi connectivity index (χ2v) is 11.9. The fourth-order valence-corrected chi connectivity index (χ4v) is 5.67. The van der Waals surface area contributed by atoms with Crippen molar-refractivity contribution < 1.29 is 13.2 Å². The maximum Gasteiger partial charge on any atom is 0.248 e. The van der Waals surface area contributed by atoms with Crippen molar-refractivity contribution in [1.82, 2.24) is 9.62 Å². The van der Waals surface area contributed by atoms with Crippen LogP contribution in [0.25, 0.3) is 0 Å². The normalized spacial score (nSPS) is 17.5. The SMILES string of the molecule is CC1CCN(S(=O)(=O)c2ccc(N[C@@H](C(=O)NC(C)(C)C)c3cccs3)cc2)CC1. The van der Waals surface area contributed by atoms with Gasteiger partial charge in [0, 0.05) is 29.2 Å². The minimum absolute atomic E-state index is 0.121. The fraction of sp³-hybridized carbons (Fsp3) is 0.500. The molecular formula is C22H31N3O3S2. The van der Waals surface area contributed by atoms with Crippen molar-refractivity contribution >= 4 is 33.0 Å². The number of rotatable bonds is 6. The Morgan fingerprint density at radius 2 is 1.77 bits per heavy atom. The van der Waals surface area contributed by atoms with Crippen LogP contribution in [0.4, 0.5) is 5.69 Å². The van der Waals surface area contributed by atoms with E-state index in [1.54, 1.807) is 28.6 Å². The molecule has 1 atom stereocenters. The predicted octanol–water partition coefficient (Wildman–Crippen LogP) is 4.24. The average molecular weight is 450 g/mol. The van der Waals surface area contributed by atoms with Crippen LogP contribution >= 0.6 is 11.3 Å². The molecule has 1 aliphatic rings. The highest BCUT2D eigenvalue weighted by molar-refractivity contribution is 7.89. The number of carbonyl (C=O) groups is 1. The van der Waals surface area contributed by atoms with E-state index in [0.717, 1.165) is 17.7 Å². The number of sulfonamides is 1. The third-order valence-electron chi connectivity index (χ3n) is 5.13. The fourth-order valence-electron chi connectivity index (χ4n) is 3.43. The van der Waals surface area contributed by atoms with Crippen molar-refractivity contribution in [2.75, 3.05) is 18.4 Å². The third-order valence-corrected chi connectivity index (χ3v) is 7.98. The Kier molecular flexibility index (Phi) is 6.89. The molecule has 2 N–H and O–H groups in total. The third kappa shape index (κ3) is 5.62. The van der Waals surface area contributed by atoms with Crippen LogP contribution in [0.2, 0.25) is 0 Å². The molecule has 0 bridgehead atoms. The molecule has 0 radical (unpaired) electrons. The van der Waals surface area contributed by atoms with Crippen LogP contribution in [0.15, 0.2) is 46.7 Å². The van der Waals surface area contributed by atoms with E-state index in [4.69, 9.17) is 0 Å². The molecule has 164 valence electrons. The van der Waals surface area contributed by atoms with Crippen LogP contribution in [-0.4, -0.2) is 37.3 Å². The summed E-state index contributed by atoms with van der Waals surface area (Å²) in [6.45, 7) is 9.12. The van der Waals surface area contributed by atoms with E-state index in [1.807, 2.05) is 38.3 Å². The number of hydrogen-bond acceptors (Lipinski definition) is 5. The Morgan fingerprint density at radius 1 is 1.13 bits per heavy atom. The zero-order chi connectivity index (χ0) is 21.9.